The minimum Gasteiger partial charge on any atom is -0.445 e. The van der Waals surface area contributed by atoms with Crippen molar-refractivity contribution in [2.75, 3.05) is 11.9 Å². The smallest absolute Gasteiger partial charge is 0.328 e. The van der Waals surface area contributed by atoms with Gasteiger partial charge in [-0.25, -0.2) is 9.78 Å². The Morgan fingerprint density at radius 3 is 2.84 bits per heavy atom. The zero-order valence-electron chi connectivity index (χ0n) is 14.0. The average molecular weight is 342 g/mol. The number of ether oxygens (including phenoxy) is 1. The van der Waals surface area contributed by atoms with Gasteiger partial charge in [0, 0.05) is 26.4 Å². The molecule has 1 fully saturated rings. The number of aromatic nitrogens is 3. The van der Waals surface area contributed by atoms with Crippen LogP contribution in [0.15, 0.2) is 33.8 Å². The molecule has 4 rings (SSSR count). The monoisotopic (exact) mass is 342 g/mol. The number of nitrogens with zero attached hydrogens (tertiary/aromatic N) is 3. The van der Waals surface area contributed by atoms with Gasteiger partial charge in [-0.15, -0.1) is 0 Å². The van der Waals surface area contributed by atoms with Crippen molar-refractivity contribution in [2.45, 2.75) is 18.9 Å². The molecule has 1 N–H and O–H groups in total. The molecule has 3 heterocycles. The van der Waals surface area contributed by atoms with E-state index >= 15 is 0 Å². The summed E-state index contributed by atoms with van der Waals surface area (Å²) in [6.07, 6.45) is 2.79. The van der Waals surface area contributed by atoms with Gasteiger partial charge in [-0.05, 0) is 31.0 Å². The summed E-state index contributed by atoms with van der Waals surface area (Å²) in [6.45, 7) is 0.658. The molecule has 0 aliphatic carbocycles. The van der Waals surface area contributed by atoms with Crippen LogP contribution in [-0.2, 0) is 18.8 Å². The number of imidazole rings is 1. The third kappa shape index (κ3) is 2.54. The van der Waals surface area contributed by atoms with E-state index in [2.05, 4.69) is 10.3 Å². The van der Waals surface area contributed by atoms with Gasteiger partial charge < -0.3 is 14.5 Å². The second kappa shape index (κ2) is 5.89. The first kappa shape index (κ1) is 15.6. The highest BCUT2D eigenvalue weighted by Gasteiger charge is 2.28. The third-order valence-corrected chi connectivity index (χ3v) is 4.56. The molecular weight excluding hydrogens is 324 g/mol. The molecule has 0 radical (unpaired) electrons. The topological polar surface area (TPSA) is 91.3 Å². The first-order valence-corrected chi connectivity index (χ1v) is 8.08. The zero-order valence-corrected chi connectivity index (χ0v) is 14.0. The molecule has 1 aromatic carbocycles. The molecule has 0 spiro atoms. The standard InChI is InChI=1S/C17H18N4O4/c1-20-11-6-5-10(8-12(11)21(2)17(20)23)19-16(22)14-15(25-9-18-14)13-4-3-7-24-13/h5-6,8-9,13H,3-4,7H2,1-2H3,(H,19,22)/t13-/m0/s1. The van der Waals surface area contributed by atoms with Crippen LogP contribution in [-0.4, -0.2) is 26.6 Å². The number of anilines is 1. The molecule has 25 heavy (non-hydrogen) atoms. The van der Waals surface area contributed by atoms with Crippen LogP contribution in [0.25, 0.3) is 11.0 Å². The van der Waals surface area contributed by atoms with Gasteiger partial charge in [-0.3, -0.25) is 13.9 Å². The summed E-state index contributed by atoms with van der Waals surface area (Å²) in [5.41, 5.74) is 2.24. The summed E-state index contributed by atoms with van der Waals surface area (Å²) in [4.78, 5) is 28.6. The van der Waals surface area contributed by atoms with Gasteiger partial charge in [0.25, 0.3) is 5.91 Å². The van der Waals surface area contributed by atoms with Gasteiger partial charge in [0.2, 0.25) is 0 Å². The molecule has 2 aromatic heterocycles. The highest BCUT2D eigenvalue weighted by molar-refractivity contribution is 6.04. The molecule has 1 saturated heterocycles. The van der Waals surface area contributed by atoms with Crippen molar-refractivity contribution >= 4 is 22.6 Å². The molecule has 1 atom stereocenters. The predicted octanol–water partition coefficient (Wildman–Crippen LogP) is 1.97. The number of carbonyl (C=O) groups is 1. The second-order valence-corrected chi connectivity index (χ2v) is 6.13. The Morgan fingerprint density at radius 2 is 2.08 bits per heavy atom. The first-order chi connectivity index (χ1) is 12.1. The predicted molar refractivity (Wildman–Crippen MR) is 90.5 cm³/mol. The quantitative estimate of drug-likeness (QED) is 0.786. The number of benzene rings is 1. The summed E-state index contributed by atoms with van der Waals surface area (Å²) in [6, 6.07) is 5.32. The van der Waals surface area contributed by atoms with E-state index in [1.807, 2.05) is 0 Å². The summed E-state index contributed by atoms with van der Waals surface area (Å²) >= 11 is 0. The first-order valence-electron chi connectivity index (χ1n) is 8.08. The van der Waals surface area contributed by atoms with Crippen LogP contribution in [0.3, 0.4) is 0 Å². The number of hydrogen-bond acceptors (Lipinski definition) is 5. The van der Waals surface area contributed by atoms with Crippen LogP contribution in [0.4, 0.5) is 5.69 Å². The van der Waals surface area contributed by atoms with E-state index in [9.17, 15) is 9.59 Å². The molecule has 8 heteroatoms. The van der Waals surface area contributed by atoms with Crippen molar-refractivity contribution in [3.05, 3.63) is 46.5 Å². The normalized spacial score (nSPS) is 17.3. The maximum absolute atomic E-state index is 12.6. The van der Waals surface area contributed by atoms with Gasteiger partial charge in [-0.1, -0.05) is 0 Å². The lowest BCUT2D eigenvalue weighted by atomic mass is 10.1. The molecule has 3 aromatic rings. The largest absolute Gasteiger partial charge is 0.445 e. The van der Waals surface area contributed by atoms with Crippen molar-refractivity contribution in [1.29, 1.82) is 0 Å². The summed E-state index contributed by atoms with van der Waals surface area (Å²) in [5.74, 6) is 0.0997. The Bertz CT molecular complexity index is 1010. The highest BCUT2D eigenvalue weighted by atomic mass is 16.5. The van der Waals surface area contributed by atoms with E-state index in [4.69, 9.17) is 9.15 Å². The molecule has 1 aliphatic heterocycles. The van der Waals surface area contributed by atoms with Crippen LogP contribution in [0.5, 0.6) is 0 Å². The van der Waals surface area contributed by atoms with E-state index in [0.29, 0.717) is 18.1 Å². The lowest BCUT2D eigenvalue weighted by molar-refractivity contribution is 0.0889. The molecule has 130 valence electrons. The van der Waals surface area contributed by atoms with E-state index in [1.54, 1.807) is 41.4 Å². The van der Waals surface area contributed by atoms with Gasteiger partial charge in [-0.2, -0.15) is 0 Å². The van der Waals surface area contributed by atoms with Crippen molar-refractivity contribution in [3.8, 4) is 0 Å². The van der Waals surface area contributed by atoms with Crippen molar-refractivity contribution in [2.24, 2.45) is 14.1 Å². The zero-order chi connectivity index (χ0) is 17.6. The Labute approximate surface area is 143 Å². The number of rotatable bonds is 3. The van der Waals surface area contributed by atoms with E-state index in [0.717, 1.165) is 23.9 Å². The van der Waals surface area contributed by atoms with E-state index in [1.165, 1.54) is 6.39 Å². The molecule has 1 aliphatic rings. The Kier molecular flexibility index (Phi) is 3.69. The fourth-order valence-corrected chi connectivity index (χ4v) is 3.21. The molecule has 1 amide bonds. The average Bonchev–Trinajstić information content (AvgIpc) is 3.33. The van der Waals surface area contributed by atoms with Gasteiger partial charge in [0.1, 0.15) is 6.10 Å². The number of aryl methyl sites for hydroxylation is 2. The van der Waals surface area contributed by atoms with Crippen molar-refractivity contribution in [3.63, 3.8) is 0 Å². The molecule has 0 bridgehead atoms. The van der Waals surface area contributed by atoms with Gasteiger partial charge in [0.05, 0.1) is 11.0 Å². The second-order valence-electron chi connectivity index (χ2n) is 6.13. The van der Waals surface area contributed by atoms with Crippen molar-refractivity contribution < 1.29 is 13.9 Å². The maximum Gasteiger partial charge on any atom is 0.328 e. The van der Waals surface area contributed by atoms with Crippen LogP contribution in [0, 0.1) is 0 Å². The van der Waals surface area contributed by atoms with E-state index < -0.39 is 0 Å². The minimum absolute atomic E-state index is 0.115. The van der Waals surface area contributed by atoms with Crippen LogP contribution in [0.1, 0.15) is 35.2 Å². The lowest BCUT2D eigenvalue weighted by Crippen LogP contribution is -2.19. The summed E-state index contributed by atoms with van der Waals surface area (Å²) in [7, 11) is 3.41. The number of oxazole rings is 1. The third-order valence-electron chi connectivity index (χ3n) is 4.56. The van der Waals surface area contributed by atoms with Crippen LogP contribution in [0.2, 0.25) is 0 Å². The summed E-state index contributed by atoms with van der Waals surface area (Å²) in [5, 5.41) is 2.81. The molecule has 0 unspecified atom stereocenters. The van der Waals surface area contributed by atoms with Crippen molar-refractivity contribution in [1.82, 2.24) is 14.1 Å². The SMILES string of the molecule is Cn1c(=O)n(C)c2cc(NC(=O)c3ncoc3[C@@H]3CCCO3)ccc21. The summed E-state index contributed by atoms with van der Waals surface area (Å²) < 4.78 is 14.0. The fourth-order valence-electron chi connectivity index (χ4n) is 3.21. The minimum atomic E-state index is -0.362. The number of carbonyl (C=O) groups excluding carboxylic acids is 1. The number of hydrogen-bond donors (Lipinski definition) is 1. The van der Waals surface area contributed by atoms with E-state index in [-0.39, 0.29) is 23.4 Å². The van der Waals surface area contributed by atoms with Crippen LogP contribution >= 0.6 is 0 Å². The molecule has 8 nitrogen and oxygen atoms in total. The van der Waals surface area contributed by atoms with Gasteiger partial charge >= 0.3 is 5.69 Å². The number of amides is 1. The fraction of sp³-hybridized carbons (Fsp3) is 0.353. The molecular formula is C17H18N4O4. The Hall–Kier alpha value is -2.87. The lowest BCUT2D eigenvalue weighted by Gasteiger charge is -2.09. The van der Waals surface area contributed by atoms with Gasteiger partial charge in [0.15, 0.2) is 17.8 Å². The Balaban J connectivity index is 1.63. The highest BCUT2D eigenvalue weighted by Crippen LogP contribution is 2.30. The van der Waals surface area contributed by atoms with Crippen LogP contribution < -0.4 is 11.0 Å². The number of fused-ring (bicyclic) bond motifs is 1. The maximum atomic E-state index is 12.6. The molecule has 0 saturated carbocycles. The Morgan fingerprint density at radius 1 is 1.28 bits per heavy atom. The number of nitrogens with one attached hydrogen (secondary N) is 1.